The predicted octanol–water partition coefficient (Wildman–Crippen LogP) is 6.27. The second kappa shape index (κ2) is 13.7. The van der Waals surface area contributed by atoms with Gasteiger partial charge in [0.1, 0.15) is 18.1 Å². The minimum absolute atomic E-state index is 0.0513. The van der Waals surface area contributed by atoms with Crippen LogP contribution in [0.1, 0.15) is 59.5 Å². The third-order valence-corrected chi connectivity index (χ3v) is 8.39. The number of hydrogen-bond donors (Lipinski definition) is 1. The summed E-state index contributed by atoms with van der Waals surface area (Å²) >= 11 is 0. The summed E-state index contributed by atoms with van der Waals surface area (Å²) in [4.78, 5) is 36.2. The summed E-state index contributed by atoms with van der Waals surface area (Å²) in [6.45, 7) is 1.78. The van der Waals surface area contributed by atoms with Crippen molar-refractivity contribution in [3.63, 3.8) is 0 Å². The first kappa shape index (κ1) is 32.1. The number of methoxy groups -OCH3 is 1. The highest BCUT2D eigenvalue weighted by molar-refractivity contribution is 6.09. The van der Waals surface area contributed by atoms with E-state index in [0.29, 0.717) is 53.4 Å². The van der Waals surface area contributed by atoms with Gasteiger partial charge in [0.25, 0.3) is 5.91 Å². The van der Waals surface area contributed by atoms with Gasteiger partial charge >= 0.3 is 12.1 Å². The Balaban J connectivity index is 1.28. The zero-order valence-corrected chi connectivity index (χ0v) is 25.3. The normalized spacial score (nSPS) is 16.2. The van der Waals surface area contributed by atoms with Crippen LogP contribution in [0.25, 0.3) is 0 Å². The Morgan fingerprint density at radius 3 is 2.42 bits per heavy atom. The minimum atomic E-state index is -4.63. The van der Waals surface area contributed by atoms with Gasteiger partial charge in [-0.3, -0.25) is 14.5 Å². The lowest BCUT2D eigenvalue weighted by molar-refractivity contribution is -0.137. The lowest BCUT2D eigenvalue weighted by Crippen LogP contribution is -2.41. The van der Waals surface area contributed by atoms with Crippen molar-refractivity contribution in [1.82, 2.24) is 9.97 Å². The molecule has 0 spiro atoms. The molecule has 1 N–H and O–H groups in total. The fraction of sp³-hybridized carbons (Fsp3) is 0.455. The number of amides is 1. The number of benzene rings is 1. The van der Waals surface area contributed by atoms with Crippen molar-refractivity contribution >= 4 is 23.4 Å². The van der Waals surface area contributed by atoms with Crippen LogP contribution in [-0.2, 0) is 4.79 Å². The molecule has 1 amide bonds. The first-order valence-corrected chi connectivity index (χ1v) is 15.1. The molecule has 1 aliphatic heterocycles. The Kier molecular flexibility index (Phi) is 9.79. The van der Waals surface area contributed by atoms with E-state index in [-0.39, 0.29) is 29.6 Å². The van der Waals surface area contributed by atoms with E-state index >= 15 is 0 Å². The van der Waals surface area contributed by atoms with Crippen molar-refractivity contribution in [2.45, 2.75) is 51.1 Å². The van der Waals surface area contributed by atoms with Gasteiger partial charge in [-0.05, 0) is 91.8 Å². The number of aliphatic carboxylic acids is 1. The molecule has 240 valence electrons. The number of carbonyl (C=O) groups is 2. The van der Waals surface area contributed by atoms with Crippen molar-refractivity contribution in [3.8, 4) is 11.6 Å². The Morgan fingerprint density at radius 2 is 1.78 bits per heavy atom. The molecular formula is C33H37F3N4O5. The smallest absolute Gasteiger partial charge is 0.406 e. The van der Waals surface area contributed by atoms with Crippen molar-refractivity contribution in [2.75, 3.05) is 43.2 Å². The van der Waals surface area contributed by atoms with Crippen LogP contribution in [0.15, 0.2) is 54.9 Å². The summed E-state index contributed by atoms with van der Waals surface area (Å²) in [5, 5.41) is 9.35. The number of ether oxygens (including phenoxy) is 2. The number of aromatic nitrogens is 2. The number of anilines is 2. The molecule has 1 saturated heterocycles. The van der Waals surface area contributed by atoms with E-state index in [1.807, 2.05) is 17.0 Å². The van der Waals surface area contributed by atoms with E-state index in [4.69, 9.17) is 9.47 Å². The molecule has 2 aliphatic rings. The first-order chi connectivity index (χ1) is 21.5. The maximum Gasteiger partial charge on any atom is 0.406 e. The van der Waals surface area contributed by atoms with Gasteiger partial charge in [0.2, 0.25) is 5.88 Å². The number of carboxylic acids is 1. The second-order valence-corrected chi connectivity index (χ2v) is 11.8. The predicted molar refractivity (Wildman–Crippen MR) is 162 cm³/mol. The number of carbonyl (C=O) groups excluding carboxylic acids is 1. The lowest BCUT2D eigenvalue weighted by atomic mass is 9.92. The molecule has 1 saturated carbocycles. The molecule has 2 aromatic heterocycles. The van der Waals surface area contributed by atoms with Crippen LogP contribution < -0.4 is 19.3 Å². The number of halogens is 3. The molecule has 9 nitrogen and oxygen atoms in total. The number of alkyl halides is 3. The third-order valence-electron chi connectivity index (χ3n) is 8.39. The third kappa shape index (κ3) is 8.43. The second-order valence-electron chi connectivity index (χ2n) is 11.8. The van der Waals surface area contributed by atoms with Crippen LogP contribution in [0.5, 0.6) is 11.6 Å². The molecule has 5 rings (SSSR count). The highest BCUT2D eigenvalue weighted by atomic mass is 19.4. The largest absolute Gasteiger partial charge is 0.497 e. The topological polar surface area (TPSA) is 105 Å². The fourth-order valence-corrected chi connectivity index (χ4v) is 5.85. The Hall–Kier alpha value is -4.35. The van der Waals surface area contributed by atoms with Gasteiger partial charge in [-0.1, -0.05) is 0 Å². The molecular weight excluding hydrogens is 589 g/mol. The van der Waals surface area contributed by atoms with Crippen molar-refractivity contribution in [3.05, 3.63) is 71.5 Å². The van der Waals surface area contributed by atoms with Crippen molar-refractivity contribution in [1.29, 1.82) is 0 Å². The van der Waals surface area contributed by atoms with Crippen LogP contribution >= 0.6 is 0 Å². The van der Waals surface area contributed by atoms with Crippen LogP contribution in [0.4, 0.5) is 24.7 Å². The summed E-state index contributed by atoms with van der Waals surface area (Å²) in [7, 11) is 1.49. The average molecular weight is 627 g/mol. The average Bonchev–Trinajstić information content (AvgIpc) is 3.86. The molecule has 45 heavy (non-hydrogen) atoms. The quantitative estimate of drug-likeness (QED) is 0.251. The summed E-state index contributed by atoms with van der Waals surface area (Å²) < 4.78 is 52.4. The van der Waals surface area contributed by atoms with E-state index in [2.05, 4.69) is 9.97 Å². The van der Waals surface area contributed by atoms with Gasteiger partial charge in [-0.15, -0.1) is 0 Å². The number of rotatable bonds is 12. The summed E-state index contributed by atoms with van der Waals surface area (Å²) in [5.41, 5.74) is 2.24. The number of carboxylic acid groups (broad SMARTS) is 1. The first-order valence-electron chi connectivity index (χ1n) is 15.1. The summed E-state index contributed by atoms with van der Waals surface area (Å²) in [6.07, 6.45) is 1.99. The highest BCUT2D eigenvalue weighted by Gasteiger charge is 2.37. The van der Waals surface area contributed by atoms with E-state index in [0.717, 1.165) is 31.2 Å². The van der Waals surface area contributed by atoms with Gasteiger partial charge < -0.3 is 19.5 Å². The Morgan fingerprint density at radius 1 is 1.04 bits per heavy atom. The molecule has 1 atom stereocenters. The number of nitrogens with zero attached hydrogens (tertiary/aromatic N) is 4. The van der Waals surface area contributed by atoms with Gasteiger partial charge in [-0.25, -0.2) is 9.97 Å². The monoisotopic (exact) mass is 626 g/mol. The van der Waals surface area contributed by atoms with Crippen LogP contribution in [0.3, 0.4) is 0 Å². The fourth-order valence-electron chi connectivity index (χ4n) is 5.85. The zero-order chi connectivity index (χ0) is 32.1. The molecule has 1 unspecified atom stereocenters. The Bertz CT molecular complexity index is 1510. The number of piperidine rings is 1. The molecule has 2 fully saturated rings. The van der Waals surface area contributed by atoms with Gasteiger partial charge in [0, 0.05) is 37.6 Å². The van der Waals surface area contributed by atoms with Crippen LogP contribution in [0, 0.1) is 18.8 Å². The SMILES string of the molecule is COc1ccc(C(=O)N(CC(F)(F)F)c2cc(C)ccn2)c(N2CCC(COc3cc(C(CC(=O)O)C4CC4)ccn3)CC2)c1. The van der Waals surface area contributed by atoms with Crippen molar-refractivity contribution in [2.24, 2.45) is 11.8 Å². The summed E-state index contributed by atoms with van der Waals surface area (Å²) in [5.74, 6) is -0.229. The van der Waals surface area contributed by atoms with E-state index in [1.54, 1.807) is 31.3 Å². The molecule has 0 radical (unpaired) electrons. The standard InChI is InChI=1S/C33H37F3N4O5/c1-21-7-11-37-29(15-21)40(20-33(34,35)36)32(43)26-6-5-25(44-2)17-28(26)39-13-9-22(10-14-39)19-45-30-16-24(8-12-38-30)27(18-31(41)42)23-3-4-23/h5-8,11-12,15-17,22-23,27H,3-4,9-10,13-14,18-20H2,1-2H3,(H,41,42). The van der Waals surface area contributed by atoms with Crippen molar-refractivity contribution < 1.29 is 37.3 Å². The summed E-state index contributed by atoms with van der Waals surface area (Å²) in [6, 6.07) is 11.6. The zero-order valence-electron chi connectivity index (χ0n) is 25.3. The van der Waals surface area contributed by atoms with Gasteiger partial charge in [0.05, 0.1) is 31.4 Å². The number of pyridine rings is 2. The highest BCUT2D eigenvalue weighted by Crippen LogP contribution is 2.45. The maximum absolute atomic E-state index is 13.8. The van der Waals surface area contributed by atoms with Crippen LogP contribution in [-0.4, -0.2) is 66.5 Å². The molecule has 0 bridgehead atoms. The van der Waals surface area contributed by atoms with Gasteiger partial charge in [0.15, 0.2) is 0 Å². The van der Waals surface area contributed by atoms with E-state index < -0.39 is 24.6 Å². The number of hydrogen-bond acceptors (Lipinski definition) is 7. The van der Waals surface area contributed by atoms with E-state index in [1.165, 1.54) is 25.4 Å². The molecule has 1 aliphatic carbocycles. The van der Waals surface area contributed by atoms with Crippen LogP contribution in [0.2, 0.25) is 0 Å². The number of aryl methyl sites for hydroxylation is 1. The lowest BCUT2D eigenvalue weighted by Gasteiger charge is -2.35. The minimum Gasteiger partial charge on any atom is -0.497 e. The van der Waals surface area contributed by atoms with Gasteiger partial charge in [-0.2, -0.15) is 13.2 Å². The maximum atomic E-state index is 13.8. The van der Waals surface area contributed by atoms with E-state index in [9.17, 15) is 27.9 Å². The molecule has 1 aromatic carbocycles. The Labute approximate surface area is 260 Å². The molecule has 3 aromatic rings. The molecule has 12 heteroatoms. The molecule has 3 heterocycles.